The van der Waals surface area contributed by atoms with Crippen LogP contribution in [-0.2, 0) is 4.79 Å². The van der Waals surface area contributed by atoms with Crippen molar-refractivity contribution in [1.29, 1.82) is 0 Å². The molecular formula is C14H18FNO. The van der Waals surface area contributed by atoms with Gasteiger partial charge in [0.15, 0.2) is 0 Å². The first-order valence-corrected chi connectivity index (χ1v) is 6.15. The van der Waals surface area contributed by atoms with E-state index in [-0.39, 0.29) is 11.6 Å². The molecule has 0 spiro atoms. The molecule has 92 valence electrons. The Bertz CT molecular complexity index is 388. The van der Waals surface area contributed by atoms with E-state index in [0.29, 0.717) is 12.3 Å². The summed E-state index contributed by atoms with van der Waals surface area (Å²) < 4.78 is 12.8. The van der Waals surface area contributed by atoms with Crippen molar-refractivity contribution in [3.63, 3.8) is 0 Å². The van der Waals surface area contributed by atoms with E-state index >= 15 is 0 Å². The molecule has 0 saturated carbocycles. The average Bonchev–Trinajstić information content (AvgIpc) is 2.76. The van der Waals surface area contributed by atoms with E-state index in [9.17, 15) is 9.18 Å². The number of anilines is 1. The minimum Gasteiger partial charge on any atom is -0.371 e. The number of halogens is 1. The van der Waals surface area contributed by atoms with Crippen LogP contribution in [-0.4, -0.2) is 18.9 Å². The Hall–Kier alpha value is -1.38. The molecule has 0 amide bonds. The number of ketones is 1. The van der Waals surface area contributed by atoms with Crippen LogP contribution in [0.1, 0.15) is 26.2 Å². The van der Waals surface area contributed by atoms with Crippen molar-refractivity contribution < 1.29 is 9.18 Å². The van der Waals surface area contributed by atoms with E-state index in [1.54, 1.807) is 6.92 Å². The zero-order valence-corrected chi connectivity index (χ0v) is 10.2. The Labute approximate surface area is 101 Å². The highest BCUT2D eigenvalue weighted by atomic mass is 19.1. The molecule has 1 aromatic rings. The van der Waals surface area contributed by atoms with Crippen LogP contribution in [0.15, 0.2) is 24.3 Å². The van der Waals surface area contributed by atoms with E-state index in [0.717, 1.165) is 31.6 Å². The summed E-state index contributed by atoms with van der Waals surface area (Å²) in [5, 5.41) is 0. The SMILES string of the molecule is CC(=O)CCC1CCN(c2ccc(F)cc2)C1. The van der Waals surface area contributed by atoms with Crippen molar-refractivity contribution >= 4 is 11.5 Å². The van der Waals surface area contributed by atoms with Gasteiger partial charge in [0.1, 0.15) is 11.6 Å². The summed E-state index contributed by atoms with van der Waals surface area (Å²) in [6.07, 6.45) is 2.79. The number of rotatable bonds is 4. The smallest absolute Gasteiger partial charge is 0.129 e. The van der Waals surface area contributed by atoms with Crippen LogP contribution in [0.3, 0.4) is 0 Å². The van der Waals surface area contributed by atoms with Crippen molar-refractivity contribution in [1.82, 2.24) is 0 Å². The van der Waals surface area contributed by atoms with Crippen LogP contribution in [0.5, 0.6) is 0 Å². The zero-order valence-electron chi connectivity index (χ0n) is 10.2. The fourth-order valence-electron chi connectivity index (χ4n) is 2.36. The molecular weight excluding hydrogens is 217 g/mol. The molecule has 0 N–H and O–H groups in total. The van der Waals surface area contributed by atoms with Gasteiger partial charge in [-0.15, -0.1) is 0 Å². The average molecular weight is 235 g/mol. The Morgan fingerprint density at radius 2 is 2.12 bits per heavy atom. The highest BCUT2D eigenvalue weighted by Crippen LogP contribution is 2.26. The third kappa shape index (κ3) is 3.29. The lowest BCUT2D eigenvalue weighted by atomic mass is 10.0. The Balaban J connectivity index is 1.89. The number of hydrogen-bond donors (Lipinski definition) is 0. The predicted octanol–water partition coefficient (Wildman–Crippen LogP) is 3.02. The predicted molar refractivity (Wildman–Crippen MR) is 66.6 cm³/mol. The maximum Gasteiger partial charge on any atom is 0.129 e. The molecule has 0 bridgehead atoms. The Kier molecular flexibility index (Phi) is 3.77. The molecule has 2 nitrogen and oxygen atoms in total. The quantitative estimate of drug-likeness (QED) is 0.799. The minimum absolute atomic E-state index is 0.193. The molecule has 3 heteroatoms. The second-order valence-corrected chi connectivity index (χ2v) is 4.82. The standard InChI is InChI=1S/C14H18FNO/c1-11(17)2-3-12-8-9-16(10-12)14-6-4-13(15)5-7-14/h4-7,12H,2-3,8-10H2,1H3. The lowest BCUT2D eigenvalue weighted by Gasteiger charge is -2.18. The van der Waals surface area contributed by atoms with Crippen LogP contribution in [0, 0.1) is 11.7 Å². The minimum atomic E-state index is -0.193. The van der Waals surface area contributed by atoms with Crippen molar-refractivity contribution in [3.05, 3.63) is 30.1 Å². The molecule has 1 aromatic carbocycles. The van der Waals surface area contributed by atoms with E-state index in [2.05, 4.69) is 4.90 Å². The number of nitrogens with zero attached hydrogens (tertiary/aromatic N) is 1. The summed E-state index contributed by atoms with van der Waals surface area (Å²) in [5.41, 5.74) is 1.08. The van der Waals surface area contributed by atoms with Crippen LogP contribution in [0.25, 0.3) is 0 Å². The molecule has 1 fully saturated rings. The van der Waals surface area contributed by atoms with Gasteiger partial charge in [-0.2, -0.15) is 0 Å². The number of hydrogen-bond acceptors (Lipinski definition) is 2. The van der Waals surface area contributed by atoms with Gasteiger partial charge >= 0.3 is 0 Å². The van der Waals surface area contributed by atoms with Crippen LogP contribution >= 0.6 is 0 Å². The normalized spacial score (nSPS) is 19.6. The topological polar surface area (TPSA) is 20.3 Å². The molecule has 17 heavy (non-hydrogen) atoms. The lowest BCUT2D eigenvalue weighted by molar-refractivity contribution is -0.117. The van der Waals surface area contributed by atoms with Gasteiger partial charge in [0.25, 0.3) is 0 Å². The first kappa shape index (κ1) is 12.1. The molecule has 0 aromatic heterocycles. The molecule has 1 unspecified atom stereocenters. The summed E-state index contributed by atoms with van der Waals surface area (Å²) in [4.78, 5) is 13.2. The number of carbonyl (C=O) groups is 1. The maximum absolute atomic E-state index is 12.8. The second-order valence-electron chi connectivity index (χ2n) is 4.82. The lowest BCUT2D eigenvalue weighted by Crippen LogP contribution is -2.19. The van der Waals surface area contributed by atoms with Gasteiger partial charge in [0.2, 0.25) is 0 Å². The summed E-state index contributed by atoms with van der Waals surface area (Å²) in [6.45, 7) is 3.64. The monoisotopic (exact) mass is 235 g/mol. The Morgan fingerprint density at radius 1 is 1.41 bits per heavy atom. The first-order chi connectivity index (χ1) is 8.15. The van der Waals surface area contributed by atoms with E-state index in [4.69, 9.17) is 0 Å². The Morgan fingerprint density at radius 3 is 2.76 bits per heavy atom. The summed E-state index contributed by atoms with van der Waals surface area (Å²) in [5.74, 6) is 0.676. The van der Waals surface area contributed by atoms with Crippen LogP contribution in [0.4, 0.5) is 10.1 Å². The van der Waals surface area contributed by atoms with Gasteiger partial charge < -0.3 is 9.69 Å². The fraction of sp³-hybridized carbons (Fsp3) is 0.500. The van der Waals surface area contributed by atoms with Crippen molar-refractivity contribution in [2.75, 3.05) is 18.0 Å². The second kappa shape index (κ2) is 5.30. The highest BCUT2D eigenvalue weighted by molar-refractivity contribution is 5.75. The zero-order chi connectivity index (χ0) is 12.3. The first-order valence-electron chi connectivity index (χ1n) is 6.15. The molecule has 0 aliphatic carbocycles. The number of Topliss-reactive ketones (excluding diaryl/α,β-unsaturated/α-hetero) is 1. The molecule has 0 radical (unpaired) electrons. The van der Waals surface area contributed by atoms with E-state index < -0.39 is 0 Å². The number of benzene rings is 1. The summed E-state index contributed by atoms with van der Waals surface area (Å²) in [7, 11) is 0. The van der Waals surface area contributed by atoms with Crippen LogP contribution < -0.4 is 4.90 Å². The third-order valence-electron chi connectivity index (χ3n) is 3.38. The van der Waals surface area contributed by atoms with Gasteiger partial charge in [-0.05, 0) is 49.9 Å². The van der Waals surface area contributed by atoms with Crippen molar-refractivity contribution in [2.45, 2.75) is 26.2 Å². The van der Waals surface area contributed by atoms with Gasteiger partial charge in [0, 0.05) is 25.2 Å². The molecule has 1 heterocycles. The summed E-state index contributed by atoms with van der Waals surface area (Å²) in [6, 6.07) is 6.64. The van der Waals surface area contributed by atoms with Gasteiger partial charge in [-0.25, -0.2) is 4.39 Å². The highest BCUT2D eigenvalue weighted by Gasteiger charge is 2.22. The number of carbonyl (C=O) groups excluding carboxylic acids is 1. The van der Waals surface area contributed by atoms with E-state index in [1.165, 1.54) is 12.1 Å². The largest absolute Gasteiger partial charge is 0.371 e. The molecule has 1 atom stereocenters. The van der Waals surface area contributed by atoms with Gasteiger partial charge in [-0.3, -0.25) is 0 Å². The molecule has 1 aliphatic heterocycles. The van der Waals surface area contributed by atoms with Crippen LogP contribution in [0.2, 0.25) is 0 Å². The van der Waals surface area contributed by atoms with E-state index in [1.807, 2.05) is 12.1 Å². The third-order valence-corrected chi connectivity index (χ3v) is 3.38. The summed E-state index contributed by atoms with van der Waals surface area (Å²) >= 11 is 0. The maximum atomic E-state index is 12.8. The van der Waals surface area contributed by atoms with Crippen molar-refractivity contribution in [3.8, 4) is 0 Å². The molecule has 2 rings (SSSR count). The fourth-order valence-corrected chi connectivity index (χ4v) is 2.36. The van der Waals surface area contributed by atoms with Gasteiger partial charge in [0.05, 0.1) is 0 Å². The van der Waals surface area contributed by atoms with Gasteiger partial charge in [-0.1, -0.05) is 0 Å². The molecule has 1 aliphatic rings. The molecule has 1 saturated heterocycles. The van der Waals surface area contributed by atoms with Crippen molar-refractivity contribution in [2.24, 2.45) is 5.92 Å².